The summed E-state index contributed by atoms with van der Waals surface area (Å²) in [7, 11) is 1.04. The predicted molar refractivity (Wildman–Crippen MR) is 165 cm³/mol. The van der Waals surface area contributed by atoms with Crippen LogP contribution in [0.5, 0.6) is 5.75 Å². The molecule has 2 amide bonds. The second-order valence-electron chi connectivity index (χ2n) is 12.0. The molecule has 0 fully saturated rings. The van der Waals surface area contributed by atoms with Gasteiger partial charge in [-0.15, -0.1) is 0 Å². The maximum atomic E-state index is 13.8. The maximum absolute atomic E-state index is 13.8. The Balaban J connectivity index is 2.41. The summed E-state index contributed by atoms with van der Waals surface area (Å²) in [5.74, 6) is -0.229. The molecule has 3 N–H and O–H groups in total. The number of nitrogens with zero attached hydrogens (tertiary/aromatic N) is 2. The van der Waals surface area contributed by atoms with Crippen molar-refractivity contribution in [1.29, 1.82) is 0 Å². The molecule has 2 aromatic carbocycles. The van der Waals surface area contributed by atoms with Gasteiger partial charge in [0, 0.05) is 12.6 Å². The molecular formula is C31H48N4O6S. The van der Waals surface area contributed by atoms with E-state index in [1.54, 1.807) is 38.1 Å². The molecule has 0 spiro atoms. The van der Waals surface area contributed by atoms with E-state index in [1.165, 1.54) is 23.5 Å². The third-order valence-corrected chi connectivity index (χ3v) is 9.09. The minimum absolute atomic E-state index is 0.0795. The highest BCUT2D eigenvalue weighted by atomic mass is 32.2. The van der Waals surface area contributed by atoms with Gasteiger partial charge in [0.25, 0.3) is 0 Å². The van der Waals surface area contributed by atoms with Crippen LogP contribution in [0.1, 0.15) is 46.6 Å². The number of aliphatic hydroxyl groups is 1. The summed E-state index contributed by atoms with van der Waals surface area (Å²) in [5, 5.41) is 17.3. The van der Waals surface area contributed by atoms with Crippen LogP contribution in [0.3, 0.4) is 0 Å². The summed E-state index contributed by atoms with van der Waals surface area (Å²) in [6, 6.07) is 13.3. The molecule has 0 saturated heterocycles. The predicted octanol–water partition coefficient (Wildman–Crippen LogP) is 2.67. The Morgan fingerprint density at radius 2 is 1.60 bits per heavy atom. The van der Waals surface area contributed by atoms with Crippen LogP contribution in [-0.2, 0) is 26.0 Å². The molecule has 2 aromatic rings. The summed E-state index contributed by atoms with van der Waals surface area (Å²) in [4.78, 5) is 28.1. The molecule has 2 rings (SSSR count). The molecule has 0 bridgehead atoms. The molecule has 234 valence electrons. The van der Waals surface area contributed by atoms with E-state index in [0.717, 1.165) is 5.56 Å². The number of methoxy groups -OCH3 is 1. The van der Waals surface area contributed by atoms with E-state index in [2.05, 4.69) is 10.6 Å². The van der Waals surface area contributed by atoms with Crippen molar-refractivity contribution in [3.05, 3.63) is 60.2 Å². The van der Waals surface area contributed by atoms with Gasteiger partial charge >= 0.3 is 0 Å². The highest BCUT2D eigenvalue weighted by Gasteiger charge is 2.37. The molecule has 11 heteroatoms. The number of carbonyl (C=O) groups is 2. The topological polar surface area (TPSA) is 128 Å². The van der Waals surface area contributed by atoms with Crippen molar-refractivity contribution < 1.29 is 27.9 Å². The number of hydrogen-bond acceptors (Lipinski definition) is 7. The molecule has 0 heterocycles. The maximum Gasteiger partial charge on any atom is 0.243 e. The number of hydrogen-bond donors (Lipinski definition) is 3. The Bertz CT molecular complexity index is 1250. The monoisotopic (exact) mass is 604 g/mol. The van der Waals surface area contributed by atoms with Crippen molar-refractivity contribution in [1.82, 2.24) is 19.8 Å². The van der Waals surface area contributed by atoms with Gasteiger partial charge in [-0.25, -0.2) is 8.42 Å². The first-order chi connectivity index (χ1) is 19.6. The van der Waals surface area contributed by atoms with Crippen LogP contribution >= 0.6 is 0 Å². The van der Waals surface area contributed by atoms with Crippen LogP contribution in [0, 0.1) is 5.41 Å². The van der Waals surface area contributed by atoms with Gasteiger partial charge in [-0.05, 0) is 69.1 Å². The van der Waals surface area contributed by atoms with Crippen molar-refractivity contribution in [3.8, 4) is 5.75 Å². The highest BCUT2D eigenvalue weighted by Crippen LogP contribution is 2.24. The fourth-order valence-electron chi connectivity index (χ4n) is 4.50. The lowest BCUT2D eigenvalue weighted by Gasteiger charge is -2.35. The molecule has 1 unspecified atom stereocenters. The van der Waals surface area contributed by atoms with E-state index in [4.69, 9.17) is 4.74 Å². The second kappa shape index (κ2) is 15.5. The van der Waals surface area contributed by atoms with E-state index in [-0.39, 0.29) is 30.3 Å². The van der Waals surface area contributed by atoms with Gasteiger partial charge in [0.05, 0.1) is 30.7 Å². The fraction of sp³-hybridized carbons (Fsp3) is 0.548. The first-order valence-corrected chi connectivity index (χ1v) is 15.7. The van der Waals surface area contributed by atoms with Gasteiger partial charge in [-0.2, -0.15) is 4.31 Å². The number of carbonyl (C=O) groups excluding carboxylic acids is 2. The van der Waals surface area contributed by atoms with E-state index < -0.39 is 45.6 Å². The Hall–Kier alpha value is -2.99. The summed E-state index contributed by atoms with van der Waals surface area (Å²) >= 11 is 0. The number of likely N-dealkylation sites (N-methyl/N-ethyl adjacent to an activating group) is 1. The first kappa shape index (κ1) is 35.2. The third-order valence-electron chi connectivity index (χ3n) is 7.10. The highest BCUT2D eigenvalue weighted by molar-refractivity contribution is 7.89. The van der Waals surface area contributed by atoms with Crippen LogP contribution in [0.4, 0.5) is 0 Å². The number of ether oxygens (including phenoxy) is 1. The van der Waals surface area contributed by atoms with E-state index in [1.807, 2.05) is 58.0 Å². The van der Waals surface area contributed by atoms with Gasteiger partial charge in [0.1, 0.15) is 11.8 Å². The minimum atomic E-state index is -3.99. The molecule has 0 saturated carbocycles. The van der Waals surface area contributed by atoms with E-state index in [0.29, 0.717) is 12.2 Å². The van der Waals surface area contributed by atoms with Crippen LogP contribution in [0.15, 0.2) is 59.5 Å². The summed E-state index contributed by atoms with van der Waals surface area (Å²) < 4.78 is 34.0. The third kappa shape index (κ3) is 10.1. The smallest absolute Gasteiger partial charge is 0.243 e. The van der Waals surface area contributed by atoms with Crippen molar-refractivity contribution in [2.75, 3.05) is 34.3 Å². The van der Waals surface area contributed by atoms with Gasteiger partial charge in [-0.3, -0.25) is 9.59 Å². The Kier molecular flexibility index (Phi) is 13.0. The quantitative estimate of drug-likeness (QED) is 0.285. The molecule has 0 aliphatic rings. The molecular weight excluding hydrogens is 556 g/mol. The number of aliphatic hydroxyl groups excluding tert-OH is 1. The lowest BCUT2D eigenvalue weighted by atomic mass is 9.85. The van der Waals surface area contributed by atoms with Crippen molar-refractivity contribution in [2.24, 2.45) is 5.41 Å². The van der Waals surface area contributed by atoms with Gasteiger partial charge in [0.15, 0.2) is 0 Å². The number of rotatable bonds is 15. The largest absolute Gasteiger partial charge is 0.497 e. The van der Waals surface area contributed by atoms with Crippen LogP contribution in [-0.4, -0.2) is 93.1 Å². The van der Waals surface area contributed by atoms with Gasteiger partial charge < -0.3 is 25.4 Å². The average Bonchev–Trinajstić information content (AvgIpc) is 2.93. The first-order valence-electron chi connectivity index (χ1n) is 14.2. The van der Waals surface area contributed by atoms with E-state index in [9.17, 15) is 23.1 Å². The summed E-state index contributed by atoms with van der Waals surface area (Å²) in [6.45, 7) is 9.08. The zero-order chi connectivity index (χ0) is 31.7. The second-order valence-corrected chi connectivity index (χ2v) is 13.9. The zero-order valence-corrected chi connectivity index (χ0v) is 26.9. The van der Waals surface area contributed by atoms with Crippen molar-refractivity contribution >= 4 is 21.8 Å². The van der Waals surface area contributed by atoms with Crippen molar-refractivity contribution in [3.63, 3.8) is 0 Å². The Labute approximate surface area is 251 Å². The zero-order valence-electron chi connectivity index (χ0n) is 26.1. The molecule has 0 radical (unpaired) electrons. The molecule has 0 aliphatic heterocycles. The molecule has 4 atom stereocenters. The van der Waals surface area contributed by atoms with E-state index >= 15 is 0 Å². The van der Waals surface area contributed by atoms with Gasteiger partial charge in [-0.1, -0.05) is 58.0 Å². The van der Waals surface area contributed by atoms with Crippen molar-refractivity contribution in [2.45, 2.75) is 76.6 Å². The average molecular weight is 605 g/mol. The lowest BCUT2D eigenvalue weighted by molar-refractivity contribution is -0.132. The number of sulfonamides is 1. The Morgan fingerprint density at radius 3 is 2.10 bits per heavy atom. The summed E-state index contributed by atoms with van der Waals surface area (Å²) in [5.41, 5.74) is 0.230. The lowest BCUT2D eigenvalue weighted by Crippen LogP contribution is -2.59. The minimum Gasteiger partial charge on any atom is -0.497 e. The number of amides is 2. The molecule has 0 aliphatic carbocycles. The standard InChI is InChI=1S/C31H48N4O6S/c1-9-22(2)35(42(39,40)25-17-15-24(41-8)16-18-25)20-27(36)26(19-23-13-11-10-12-14-23)32-30(38)29(31(3,4)5)33-28(37)21-34(6)7/h10-18,22,26-27,29,36H,9,19-21H2,1-8H3,(H,32,38)(H,33,37)/t22?,26-,27+,29+/m0/s1. The van der Waals surface area contributed by atoms with Crippen LogP contribution in [0.2, 0.25) is 0 Å². The summed E-state index contributed by atoms with van der Waals surface area (Å²) in [6.07, 6.45) is -0.482. The van der Waals surface area contributed by atoms with Crippen LogP contribution in [0.25, 0.3) is 0 Å². The number of nitrogens with one attached hydrogen (secondary N) is 2. The normalized spacial score (nSPS) is 15.1. The SMILES string of the molecule is CCC(C)N(C[C@@H](O)[C@H](Cc1ccccc1)NC(=O)[C@@H](NC(=O)CN(C)C)C(C)(C)C)S(=O)(=O)c1ccc(OC)cc1. The van der Waals surface area contributed by atoms with Gasteiger partial charge in [0.2, 0.25) is 21.8 Å². The number of benzene rings is 2. The molecule has 10 nitrogen and oxygen atoms in total. The molecule has 42 heavy (non-hydrogen) atoms. The van der Waals surface area contributed by atoms with Crippen LogP contribution < -0.4 is 15.4 Å². The fourth-order valence-corrected chi connectivity index (χ4v) is 6.22. The Morgan fingerprint density at radius 1 is 1.00 bits per heavy atom. The molecule has 0 aromatic heterocycles.